The van der Waals surface area contributed by atoms with Crippen LogP contribution in [0.2, 0.25) is 0 Å². The standard InChI is InChI=1S/C13H16O2/c1-10-7-13(9-14-13)8-12(15-10)11-5-3-2-4-6-11/h2-6,10,12H,7-9H2,1H3/t10-,12-,13+/m1/s1. The molecule has 1 aromatic rings. The molecule has 3 atom stereocenters. The van der Waals surface area contributed by atoms with Crippen molar-refractivity contribution < 1.29 is 9.47 Å². The lowest BCUT2D eigenvalue weighted by molar-refractivity contribution is -0.0716. The van der Waals surface area contributed by atoms with E-state index < -0.39 is 0 Å². The van der Waals surface area contributed by atoms with Crippen LogP contribution < -0.4 is 0 Å². The second kappa shape index (κ2) is 3.32. The van der Waals surface area contributed by atoms with E-state index in [-0.39, 0.29) is 11.7 Å². The van der Waals surface area contributed by atoms with Gasteiger partial charge in [-0.1, -0.05) is 30.3 Å². The molecule has 0 saturated carbocycles. The number of hydrogen-bond acceptors (Lipinski definition) is 2. The lowest BCUT2D eigenvalue weighted by Gasteiger charge is -2.32. The maximum Gasteiger partial charge on any atom is 0.0969 e. The van der Waals surface area contributed by atoms with Crippen LogP contribution in [0.3, 0.4) is 0 Å². The quantitative estimate of drug-likeness (QED) is 0.656. The van der Waals surface area contributed by atoms with Crippen LogP contribution in [0.5, 0.6) is 0 Å². The van der Waals surface area contributed by atoms with Crippen LogP contribution in [-0.2, 0) is 9.47 Å². The van der Waals surface area contributed by atoms with Gasteiger partial charge in [-0.25, -0.2) is 0 Å². The monoisotopic (exact) mass is 204 g/mol. The number of epoxide rings is 1. The van der Waals surface area contributed by atoms with Crippen molar-refractivity contribution in [3.63, 3.8) is 0 Å². The molecular weight excluding hydrogens is 188 g/mol. The summed E-state index contributed by atoms with van der Waals surface area (Å²) in [6.07, 6.45) is 2.60. The van der Waals surface area contributed by atoms with Gasteiger partial charge in [0.25, 0.3) is 0 Å². The van der Waals surface area contributed by atoms with Crippen LogP contribution in [0.15, 0.2) is 30.3 Å². The highest BCUT2D eigenvalue weighted by molar-refractivity contribution is 5.20. The van der Waals surface area contributed by atoms with Crippen molar-refractivity contribution in [1.29, 1.82) is 0 Å². The second-order valence-corrected chi connectivity index (χ2v) is 4.73. The first-order valence-electron chi connectivity index (χ1n) is 5.62. The fraction of sp³-hybridized carbons (Fsp3) is 0.538. The Morgan fingerprint density at radius 3 is 2.60 bits per heavy atom. The van der Waals surface area contributed by atoms with Gasteiger partial charge in [-0.2, -0.15) is 0 Å². The molecule has 2 heterocycles. The molecule has 3 rings (SSSR count). The second-order valence-electron chi connectivity index (χ2n) is 4.73. The molecule has 0 bridgehead atoms. The number of hydrogen-bond donors (Lipinski definition) is 0. The Morgan fingerprint density at radius 1 is 1.20 bits per heavy atom. The molecule has 0 amide bonds. The SMILES string of the molecule is C[C@@H]1C[C@@]2(CO2)C[C@H](c2ccccc2)O1. The smallest absolute Gasteiger partial charge is 0.0969 e. The van der Waals surface area contributed by atoms with Crippen molar-refractivity contribution in [2.75, 3.05) is 6.61 Å². The summed E-state index contributed by atoms with van der Waals surface area (Å²) in [4.78, 5) is 0. The summed E-state index contributed by atoms with van der Waals surface area (Å²) in [5.41, 5.74) is 1.43. The molecule has 2 heteroatoms. The molecule has 0 aromatic heterocycles. The van der Waals surface area contributed by atoms with E-state index in [1.165, 1.54) is 5.56 Å². The topological polar surface area (TPSA) is 21.8 Å². The largest absolute Gasteiger partial charge is 0.370 e. The highest BCUT2D eigenvalue weighted by atomic mass is 16.6. The van der Waals surface area contributed by atoms with Gasteiger partial charge in [0.05, 0.1) is 24.4 Å². The third kappa shape index (κ3) is 1.80. The van der Waals surface area contributed by atoms with Gasteiger partial charge in [-0.05, 0) is 12.5 Å². The molecule has 0 aliphatic carbocycles. The first-order chi connectivity index (χ1) is 7.27. The Labute approximate surface area is 90.2 Å². The van der Waals surface area contributed by atoms with E-state index in [9.17, 15) is 0 Å². The van der Waals surface area contributed by atoms with Crippen molar-refractivity contribution in [3.05, 3.63) is 35.9 Å². The van der Waals surface area contributed by atoms with Crippen molar-refractivity contribution in [1.82, 2.24) is 0 Å². The minimum absolute atomic E-state index is 0.151. The number of ether oxygens (including phenoxy) is 2. The normalized spacial score (nSPS) is 39.3. The van der Waals surface area contributed by atoms with Gasteiger partial charge >= 0.3 is 0 Å². The molecule has 0 unspecified atom stereocenters. The number of rotatable bonds is 1. The molecule has 2 saturated heterocycles. The zero-order valence-electron chi connectivity index (χ0n) is 8.98. The van der Waals surface area contributed by atoms with Gasteiger partial charge in [0.15, 0.2) is 0 Å². The zero-order chi connectivity index (χ0) is 10.3. The predicted molar refractivity (Wildman–Crippen MR) is 57.6 cm³/mol. The van der Waals surface area contributed by atoms with E-state index in [4.69, 9.17) is 9.47 Å². The van der Waals surface area contributed by atoms with Crippen molar-refractivity contribution >= 4 is 0 Å². The van der Waals surface area contributed by atoms with E-state index in [0.29, 0.717) is 6.10 Å². The Balaban J connectivity index is 1.81. The highest BCUT2D eigenvalue weighted by Gasteiger charge is 2.50. The molecular formula is C13H16O2. The van der Waals surface area contributed by atoms with Gasteiger partial charge in [0.1, 0.15) is 0 Å². The van der Waals surface area contributed by atoms with E-state index >= 15 is 0 Å². The van der Waals surface area contributed by atoms with E-state index in [1.54, 1.807) is 0 Å². The molecule has 2 aliphatic heterocycles. The summed E-state index contributed by atoms with van der Waals surface area (Å²) >= 11 is 0. The summed E-state index contributed by atoms with van der Waals surface area (Å²) < 4.78 is 11.5. The van der Waals surface area contributed by atoms with Crippen LogP contribution >= 0.6 is 0 Å². The lowest BCUT2D eigenvalue weighted by Crippen LogP contribution is -2.31. The average molecular weight is 204 g/mol. The predicted octanol–water partition coefficient (Wildman–Crippen LogP) is 2.70. The molecule has 2 nitrogen and oxygen atoms in total. The fourth-order valence-electron chi connectivity index (χ4n) is 2.52. The molecule has 80 valence electrons. The Hall–Kier alpha value is -0.860. The minimum atomic E-state index is 0.151. The molecule has 2 aliphatic rings. The maximum atomic E-state index is 5.97. The third-order valence-electron chi connectivity index (χ3n) is 3.34. The summed E-state index contributed by atoms with van der Waals surface area (Å²) in [6.45, 7) is 3.06. The number of benzene rings is 1. The summed E-state index contributed by atoms with van der Waals surface area (Å²) in [6, 6.07) is 10.5. The lowest BCUT2D eigenvalue weighted by atomic mass is 9.89. The van der Waals surface area contributed by atoms with Crippen molar-refractivity contribution in [3.8, 4) is 0 Å². The van der Waals surface area contributed by atoms with Gasteiger partial charge < -0.3 is 9.47 Å². The molecule has 15 heavy (non-hydrogen) atoms. The van der Waals surface area contributed by atoms with Gasteiger partial charge in [-0.15, -0.1) is 0 Å². The van der Waals surface area contributed by atoms with Crippen LogP contribution in [0.1, 0.15) is 31.4 Å². The minimum Gasteiger partial charge on any atom is -0.370 e. The van der Waals surface area contributed by atoms with Crippen molar-refractivity contribution in [2.45, 2.75) is 37.6 Å². The molecule has 0 N–H and O–H groups in total. The molecule has 2 fully saturated rings. The van der Waals surface area contributed by atoms with Crippen LogP contribution in [0.4, 0.5) is 0 Å². The van der Waals surface area contributed by atoms with Gasteiger partial charge in [0, 0.05) is 12.8 Å². The Kier molecular flexibility index (Phi) is 2.08. The summed E-state index contributed by atoms with van der Waals surface area (Å²) in [5, 5.41) is 0. The van der Waals surface area contributed by atoms with Crippen LogP contribution in [-0.4, -0.2) is 18.3 Å². The van der Waals surface area contributed by atoms with E-state index in [0.717, 1.165) is 19.4 Å². The van der Waals surface area contributed by atoms with Crippen LogP contribution in [0.25, 0.3) is 0 Å². The van der Waals surface area contributed by atoms with Crippen LogP contribution in [0, 0.1) is 0 Å². The zero-order valence-corrected chi connectivity index (χ0v) is 8.98. The average Bonchev–Trinajstić information content (AvgIpc) is 2.97. The summed E-state index contributed by atoms with van der Waals surface area (Å²) in [7, 11) is 0. The van der Waals surface area contributed by atoms with Gasteiger partial charge in [0.2, 0.25) is 0 Å². The fourth-order valence-corrected chi connectivity index (χ4v) is 2.52. The first kappa shape index (κ1) is 9.37. The third-order valence-corrected chi connectivity index (χ3v) is 3.34. The Bertz CT molecular complexity index is 343. The maximum absolute atomic E-state index is 5.97. The highest BCUT2D eigenvalue weighted by Crippen LogP contribution is 2.46. The molecule has 0 radical (unpaired) electrons. The van der Waals surface area contributed by atoms with E-state index in [1.807, 2.05) is 6.07 Å². The molecule has 1 spiro atoms. The van der Waals surface area contributed by atoms with Gasteiger partial charge in [-0.3, -0.25) is 0 Å². The first-order valence-corrected chi connectivity index (χ1v) is 5.62. The van der Waals surface area contributed by atoms with E-state index in [2.05, 4.69) is 31.2 Å². The molecule has 1 aromatic carbocycles. The van der Waals surface area contributed by atoms with Crippen molar-refractivity contribution in [2.24, 2.45) is 0 Å². The summed E-state index contributed by atoms with van der Waals surface area (Å²) in [5.74, 6) is 0. The Morgan fingerprint density at radius 2 is 1.93 bits per heavy atom.